The molecule has 0 aromatic heterocycles. The molecule has 0 bridgehead atoms. The van der Waals surface area contributed by atoms with Gasteiger partial charge in [-0.3, -0.25) is 4.79 Å². The molecule has 1 unspecified atom stereocenters. The molecule has 1 amide bonds. The van der Waals surface area contributed by atoms with Crippen molar-refractivity contribution in [3.8, 4) is 0 Å². The molecule has 1 fully saturated rings. The van der Waals surface area contributed by atoms with Gasteiger partial charge in [-0.1, -0.05) is 29.8 Å². The van der Waals surface area contributed by atoms with Gasteiger partial charge in [0.2, 0.25) is 5.91 Å². The van der Waals surface area contributed by atoms with E-state index >= 15 is 0 Å². The second-order valence-corrected chi connectivity index (χ2v) is 5.31. The first kappa shape index (κ1) is 16.3. The van der Waals surface area contributed by atoms with Crippen LogP contribution in [0.15, 0.2) is 24.3 Å². The number of benzene rings is 1. The highest BCUT2D eigenvalue weighted by Crippen LogP contribution is 2.18. The van der Waals surface area contributed by atoms with Crippen LogP contribution in [0.1, 0.15) is 18.4 Å². The number of halogens is 2. The molecule has 1 aliphatic heterocycles. The summed E-state index contributed by atoms with van der Waals surface area (Å²) in [4.78, 5) is 13.8. The molecule has 0 saturated carbocycles. The molecule has 1 heterocycles. The van der Waals surface area contributed by atoms with E-state index in [-0.39, 0.29) is 18.3 Å². The topological polar surface area (TPSA) is 32.3 Å². The van der Waals surface area contributed by atoms with Crippen molar-refractivity contribution >= 4 is 29.9 Å². The van der Waals surface area contributed by atoms with Crippen LogP contribution < -0.4 is 5.32 Å². The van der Waals surface area contributed by atoms with Gasteiger partial charge in [0.25, 0.3) is 0 Å². The Hall–Kier alpha value is -0.770. The highest BCUT2D eigenvalue weighted by molar-refractivity contribution is 6.31. The molecule has 0 radical (unpaired) electrons. The van der Waals surface area contributed by atoms with Gasteiger partial charge in [0.05, 0.1) is 0 Å². The predicted octanol–water partition coefficient (Wildman–Crippen LogP) is 2.72. The number of nitrogens with one attached hydrogen (secondary N) is 1. The summed E-state index contributed by atoms with van der Waals surface area (Å²) in [6, 6.07) is 7.66. The Balaban J connectivity index is 0.00000180. The average molecular weight is 303 g/mol. The number of hydrogen-bond acceptors (Lipinski definition) is 2. The van der Waals surface area contributed by atoms with Crippen LogP contribution in [0.4, 0.5) is 0 Å². The molecule has 19 heavy (non-hydrogen) atoms. The number of hydrogen-bond donors (Lipinski definition) is 1. The largest absolute Gasteiger partial charge is 0.341 e. The molecule has 1 atom stereocenters. The summed E-state index contributed by atoms with van der Waals surface area (Å²) in [5.74, 6) is 0.690. The van der Waals surface area contributed by atoms with E-state index in [2.05, 4.69) is 5.32 Å². The van der Waals surface area contributed by atoms with E-state index < -0.39 is 0 Å². The lowest BCUT2D eigenvalue weighted by molar-refractivity contribution is -0.131. The van der Waals surface area contributed by atoms with Gasteiger partial charge in [-0.15, -0.1) is 12.4 Å². The molecule has 0 spiro atoms. The standard InChI is InChI=1S/C14H19ClN2O.ClH/c1-17(10-12-4-2-3-5-13(12)15)14(18)8-11-6-7-16-9-11;/h2-5,11,16H,6-10H2,1H3;1H. The Morgan fingerprint density at radius 3 is 2.84 bits per heavy atom. The van der Waals surface area contributed by atoms with Crippen LogP contribution in [0.5, 0.6) is 0 Å². The zero-order chi connectivity index (χ0) is 13.0. The highest BCUT2D eigenvalue weighted by Gasteiger charge is 2.20. The van der Waals surface area contributed by atoms with E-state index in [1.54, 1.807) is 4.90 Å². The molecule has 5 heteroatoms. The van der Waals surface area contributed by atoms with Crippen LogP contribution in [0.3, 0.4) is 0 Å². The first-order chi connectivity index (χ1) is 8.66. The van der Waals surface area contributed by atoms with Gasteiger partial charge >= 0.3 is 0 Å². The van der Waals surface area contributed by atoms with Gasteiger partial charge in [-0.25, -0.2) is 0 Å². The third-order valence-corrected chi connectivity index (χ3v) is 3.79. The lowest BCUT2D eigenvalue weighted by atomic mass is 10.0. The van der Waals surface area contributed by atoms with Gasteiger partial charge in [-0.05, 0) is 37.1 Å². The van der Waals surface area contributed by atoms with Gasteiger partial charge in [0, 0.05) is 25.0 Å². The first-order valence-corrected chi connectivity index (χ1v) is 6.72. The summed E-state index contributed by atoms with van der Waals surface area (Å²) in [5, 5.41) is 4.01. The summed E-state index contributed by atoms with van der Waals surface area (Å²) >= 11 is 6.10. The minimum absolute atomic E-state index is 0. The SMILES string of the molecule is CN(Cc1ccccc1Cl)C(=O)CC1CCNC1.Cl. The zero-order valence-electron chi connectivity index (χ0n) is 11.1. The van der Waals surface area contributed by atoms with Gasteiger partial charge in [-0.2, -0.15) is 0 Å². The van der Waals surface area contributed by atoms with E-state index in [1.165, 1.54) is 0 Å². The fraction of sp³-hybridized carbons (Fsp3) is 0.500. The van der Waals surface area contributed by atoms with E-state index in [1.807, 2.05) is 31.3 Å². The van der Waals surface area contributed by atoms with Crippen molar-refractivity contribution in [3.63, 3.8) is 0 Å². The minimum Gasteiger partial charge on any atom is -0.341 e. The predicted molar refractivity (Wildman–Crippen MR) is 80.8 cm³/mol. The maximum Gasteiger partial charge on any atom is 0.222 e. The second kappa shape index (κ2) is 7.73. The van der Waals surface area contributed by atoms with Gasteiger partial charge < -0.3 is 10.2 Å². The molecule has 1 N–H and O–H groups in total. The van der Waals surface area contributed by atoms with Crippen LogP contribution >= 0.6 is 24.0 Å². The van der Waals surface area contributed by atoms with Crippen LogP contribution in [-0.4, -0.2) is 30.9 Å². The van der Waals surface area contributed by atoms with Crippen LogP contribution in [0.2, 0.25) is 5.02 Å². The summed E-state index contributed by atoms with van der Waals surface area (Å²) in [6.45, 7) is 2.58. The van der Waals surface area contributed by atoms with Crippen molar-refractivity contribution in [3.05, 3.63) is 34.9 Å². The van der Waals surface area contributed by atoms with Gasteiger partial charge in [0.1, 0.15) is 0 Å². The van der Waals surface area contributed by atoms with Crippen molar-refractivity contribution in [1.82, 2.24) is 10.2 Å². The summed E-state index contributed by atoms with van der Waals surface area (Å²) in [6.07, 6.45) is 1.74. The van der Waals surface area contributed by atoms with Crippen molar-refractivity contribution < 1.29 is 4.79 Å². The lowest BCUT2D eigenvalue weighted by Gasteiger charge is -2.19. The van der Waals surface area contributed by atoms with E-state index in [0.717, 1.165) is 30.1 Å². The van der Waals surface area contributed by atoms with Crippen molar-refractivity contribution in [2.24, 2.45) is 5.92 Å². The third-order valence-electron chi connectivity index (χ3n) is 3.42. The third kappa shape index (κ3) is 4.68. The summed E-state index contributed by atoms with van der Waals surface area (Å²) in [7, 11) is 1.84. The lowest BCUT2D eigenvalue weighted by Crippen LogP contribution is -2.28. The molecule has 3 nitrogen and oxygen atoms in total. The Kier molecular flexibility index (Phi) is 6.63. The molecular weight excluding hydrogens is 283 g/mol. The van der Waals surface area contributed by atoms with Crippen LogP contribution in [-0.2, 0) is 11.3 Å². The zero-order valence-corrected chi connectivity index (χ0v) is 12.6. The smallest absolute Gasteiger partial charge is 0.222 e. The maximum absolute atomic E-state index is 12.1. The highest BCUT2D eigenvalue weighted by atomic mass is 35.5. The Morgan fingerprint density at radius 2 is 2.21 bits per heavy atom. The average Bonchev–Trinajstić information content (AvgIpc) is 2.84. The van der Waals surface area contributed by atoms with Crippen LogP contribution in [0, 0.1) is 5.92 Å². The molecule has 1 saturated heterocycles. The van der Waals surface area contributed by atoms with E-state index in [4.69, 9.17) is 11.6 Å². The monoisotopic (exact) mass is 302 g/mol. The fourth-order valence-corrected chi connectivity index (χ4v) is 2.46. The van der Waals surface area contributed by atoms with E-state index in [0.29, 0.717) is 18.9 Å². The normalized spacial score (nSPS) is 17.9. The molecule has 0 aliphatic carbocycles. The molecule has 1 aromatic rings. The number of carbonyl (C=O) groups is 1. The molecular formula is C14H20Cl2N2O. The quantitative estimate of drug-likeness (QED) is 0.927. The Morgan fingerprint density at radius 1 is 1.47 bits per heavy atom. The number of amides is 1. The number of carbonyl (C=O) groups excluding carboxylic acids is 1. The minimum atomic E-state index is 0. The number of rotatable bonds is 4. The molecule has 2 rings (SSSR count). The fourth-order valence-electron chi connectivity index (χ4n) is 2.26. The van der Waals surface area contributed by atoms with E-state index in [9.17, 15) is 4.79 Å². The van der Waals surface area contributed by atoms with Crippen molar-refractivity contribution in [2.75, 3.05) is 20.1 Å². The Bertz CT molecular complexity index is 420. The Labute approximate surface area is 125 Å². The van der Waals surface area contributed by atoms with Gasteiger partial charge in [0.15, 0.2) is 0 Å². The first-order valence-electron chi connectivity index (χ1n) is 6.35. The van der Waals surface area contributed by atoms with Crippen molar-refractivity contribution in [2.45, 2.75) is 19.4 Å². The second-order valence-electron chi connectivity index (χ2n) is 4.90. The summed E-state index contributed by atoms with van der Waals surface area (Å²) < 4.78 is 0. The van der Waals surface area contributed by atoms with Crippen LogP contribution in [0.25, 0.3) is 0 Å². The summed E-state index contributed by atoms with van der Waals surface area (Å²) in [5.41, 5.74) is 1.000. The number of nitrogens with zero attached hydrogens (tertiary/aromatic N) is 1. The molecule has 1 aliphatic rings. The van der Waals surface area contributed by atoms with Crippen molar-refractivity contribution in [1.29, 1.82) is 0 Å². The molecule has 106 valence electrons. The maximum atomic E-state index is 12.1. The molecule has 1 aromatic carbocycles.